The molecule has 0 bridgehead atoms. The zero-order valence-corrected chi connectivity index (χ0v) is 9.05. The van der Waals surface area contributed by atoms with E-state index in [4.69, 9.17) is 16.0 Å². The van der Waals surface area contributed by atoms with Gasteiger partial charge in [-0.1, -0.05) is 0 Å². The highest BCUT2D eigenvalue weighted by molar-refractivity contribution is 6.28. The van der Waals surface area contributed by atoms with Crippen molar-refractivity contribution in [1.29, 1.82) is 0 Å². The SMILES string of the molecule is Fc1cc2nc(-c3ccc(Cl)o3)[nH]c2cc1F. The van der Waals surface area contributed by atoms with Gasteiger partial charge < -0.3 is 9.40 Å². The minimum absolute atomic E-state index is 0.220. The van der Waals surface area contributed by atoms with Gasteiger partial charge in [0.15, 0.2) is 28.4 Å². The van der Waals surface area contributed by atoms with Crippen LogP contribution in [0.15, 0.2) is 28.7 Å². The Morgan fingerprint density at radius 2 is 1.94 bits per heavy atom. The topological polar surface area (TPSA) is 41.8 Å². The van der Waals surface area contributed by atoms with Crippen molar-refractivity contribution in [3.8, 4) is 11.6 Å². The Hall–Kier alpha value is -1.88. The second-order valence-electron chi connectivity index (χ2n) is 3.47. The molecule has 3 nitrogen and oxygen atoms in total. The predicted molar refractivity (Wildman–Crippen MR) is 58.7 cm³/mol. The largest absolute Gasteiger partial charge is 0.441 e. The number of hydrogen-bond donors (Lipinski definition) is 1. The summed E-state index contributed by atoms with van der Waals surface area (Å²) in [7, 11) is 0. The van der Waals surface area contributed by atoms with Crippen LogP contribution in [0.2, 0.25) is 5.22 Å². The fourth-order valence-corrected chi connectivity index (χ4v) is 1.71. The Bertz CT molecular complexity index is 666. The monoisotopic (exact) mass is 254 g/mol. The van der Waals surface area contributed by atoms with E-state index >= 15 is 0 Å². The van der Waals surface area contributed by atoms with Crippen molar-refractivity contribution >= 4 is 22.6 Å². The third-order valence-corrected chi connectivity index (χ3v) is 2.53. The number of aromatic nitrogens is 2. The van der Waals surface area contributed by atoms with Gasteiger partial charge in [0.25, 0.3) is 0 Å². The van der Waals surface area contributed by atoms with Crippen molar-refractivity contribution in [1.82, 2.24) is 9.97 Å². The molecule has 0 saturated carbocycles. The number of benzene rings is 1. The molecule has 2 aromatic heterocycles. The lowest BCUT2D eigenvalue weighted by atomic mass is 10.3. The van der Waals surface area contributed by atoms with Crippen LogP contribution in [-0.4, -0.2) is 9.97 Å². The quantitative estimate of drug-likeness (QED) is 0.718. The van der Waals surface area contributed by atoms with Gasteiger partial charge in [-0.25, -0.2) is 13.8 Å². The number of fused-ring (bicyclic) bond motifs is 1. The molecule has 1 aromatic carbocycles. The van der Waals surface area contributed by atoms with Gasteiger partial charge in [0.05, 0.1) is 11.0 Å². The highest BCUT2D eigenvalue weighted by Crippen LogP contribution is 2.25. The van der Waals surface area contributed by atoms with Crippen LogP contribution in [0.5, 0.6) is 0 Å². The summed E-state index contributed by atoms with van der Waals surface area (Å²) in [6.45, 7) is 0. The Morgan fingerprint density at radius 1 is 1.18 bits per heavy atom. The molecule has 86 valence electrons. The van der Waals surface area contributed by atoms with E-state index in [1.165, 1.54) is 0 Å². The number of nitrogens with one attached hydrogen (secondary N) is 1. The average Bonchev–Trinajstić information content (AvgIpc) is 2.85. The fraction of sp³-hybridized carbons (Fsp3) is 0. The van der Waals surface area contributed by atoms with Crippen molar-refractivity contribution in [2.45, 2.75) is 0 Å². The summed E-state index contributed by atoms with van der Waals surface area (Å²) >= 11 is 5.63. The van der Waals surface area contributed by atoms with E-state index in [2.05, 4.69) is 9.97 Å². The molecule has 0 aliphatic carbocycles. The predicted octanol–water partition coefficient (Wildman–Crippen LogP) is 3.75. The summed E-state index contributed by atoms with van der Waals surface area (Å²) in [6.07, 6.45) is 0. The van der Waals surface area contributed by atoms with Crippen molar-refractivity contribution in [2.75, 3.05) is 0 Å². The first-order valence-corrected chi connectivity index (χ1v) is 5.12. The lowest BCUT2D eigenvalue weighted by Crippen LogP contribution is -1.82. The Labute approximate surface area is 99.0 Å². The van der Waals surface area contributed by atoms with Crippen LogP contribution in [0.3, 0.4) is 0 Å². The summed E-state index contributed by atoms with van der Waals surface area (Å²) in [4.78, 5) is 6.91. The Balaban J connectivity index is 2.19. The normalized spacial score (nSPS) is 11.2. The van der Waals surface area contributed by atoms with Crippen molar-refractivity contribution < 1.29 is 13.2 Å². The number of H-pyrrole nitrogens is 1. The molecular weight excluding hydrogens is 250 g/mol. The minimum atomic E-state index is -0.937. The molecule has 0 radical (unpaired) electrons. The molecule has 0 atom stereocenters. The van der Waals surface area contributed by atoms with E-state index in [0.29, 0.717) is 22.6 Å². The molecule has 0 aliphatic heterocycles. The van der Waals surface area contributed by atoms with Gasteiger partial charge in [-0.15, -0.1) is 0 Å². The molecule has 17 heavy (non-hydrogen) atoms. The van der Waals surface area contributed by atoms with E-state index in [1.54, 1.807) is 12.1 Å². The maximum Gasteiger partial charge on any atom is 0.194 e. The van der Waals surface area contributed by atoms with Crippen LogP contribution in [0.4, 0.5) is 8.78 Å². The number of hydrogen-bond acceptors (Lipinski definition) is 2. The zero-order valence-electron chi connectivity index (χ0n) is 8.30. The van der Waals surface area contributed by atoms with E-state index in [1.807, 2.05) is 0 Å². The number of furan rings is 1. The summed E-state index contributed by atoms with van der Waals surface area (Å²) in [6, 6.07) is 5.25. The zero-order chi connectivity index (χ0) is 12.0. The third kappa shape index (κ3) is 1.68. The number of halogens is 3. The summed E-state index contributed by atoms with van der Waals surface area (Å²) in [5, 5.41) is 0.220. The molecule has 0 saturated heterocycles. The van der Waals surface area contributed by atoms with Gasteiger partial charge in [0.2, 0.25) is 0 Å². The van der Waals surface area contributed by atoms with Crippen LogP contribution < -0.4 is 0 Å². The molecule has 3 aromatic rings. The van der Waals surface area contributed by atoms with E-state index < -0.39 is 11.6 Å². The molecular formula is C11H5ClF2N2O. The highest BCUT2D eigenvalue weighted by Gasteiger charge is 2.12. The van der Waals surface area contributed by atoms with Crippen molar-refractivity contribution in [2.24, 2.45) is 0 Å². The van der Waals surface area contributed by atoms with Gasteiger partial charge in [-0.3, -0.25) is 0 Å². The van der Waals surface area contributed by atoms with Crippen LogP contribution in [0.25, 0.3) is 22.6 Å². The molecule has 0 aliphatic rings. The number of imidazole rings is 1. The molecule has 6 heteroatoms. The van der Waals surface area contributed by atoms with Crippen LogP contribution >= 0.6 is 11.6 Å². The van der Waals surface area contributed by atoms with E-state index in [0.717, 1.165) is 12.1 Å². The maximum absolute atomic E-state index is 13.0. The summed E-state index contributed by atoms with van der Waals surface area (Å²) in [5.74, 6) is -1.08. The van der Waals surface area contributed by atoms with E-state index in [-0.39, 0.29) is 5.22 Å². The molecule has 0 spiro atoms. The maximum atomic E-state index is 13.0. The number of aromatic amines is 1. The number of nitrogens with zero attached hydrogens (tertiary/aromatic N) is 1. The van der Waals surface area contributed by atoms with Crippen LogP contribution in [-0.2, 0) is 0 Å². The molecule has 0 fully saturated rings. The molecule has 3 rings (SSSR count). The van der Waals surface area contributed by atoms with E-state index in [9.17, 15) is 8.78 Å². The smallest absolute Gasteiger partial charge is 0.194 e. The molecule has 0 amide bonds. The lowest BCUT2D eigenvalue weighted by Gasteiger charge is -1.90. The summed E-state index contributed by atoms with van der Waals surface area (Å²) in [5.41, 5.74) is 0.720. The van der Waals surface area contributed by atoms with Crippen molar-refractivity contribution in [3.05, 3.63) is 41.1 Å². The standard InChI is InChI=1S/C11H5ClF2N2O/c12-10-2-1-9(17-10)11-15-7-3-5(13)6(14)4-8(7)16-11/h1-4H,(H,15,16). The molecule has 1 N–H and O–H groups in total. The summed E-state index contributed by atoms with van der Waals surface area (Å²) < 4.78 is 31.1. The minimum Gasteiger partial charge on any atom is -0.441 e. The average molecular weight is 255 g/mol. The molecule has 2 heterocycles. The third-order valence-electron chi connectivity index (χ3n) is 2.33. The number of rotatable bonds is 1. The first-order chi connectivity index (χ1) is 8.13. The Kier molecular flexibility index (Phi) is 2.16. The fourth-order valence-electron chi connectivity index (χ4n) is 1.56. The first kappa shape index (κ1) is 10.3. The second kappa shape index (κ2) is 3.56. The van der Waals surface area contributed by atoms with Gasteiger partial charge >= 0.3 is 0 Å². The first-order valence-electron chi connectivity index (χ1n) is 4.74. The van der Waals surface area contributed by atoms with Gasteiger partial charge in [-0.2, -0.15) is 0 Å². The Morgan fingerprint density at radius 3 is 2.65 bits per heavy atom. The van der Waals surface area contributed by atoms with Crippen LogP contribution in [0.1, 0.15) is 0 Å². The van der Waals surface area contributed by atoms with Crippen molar-refractivity contribution in [3.63, 3.8) is 0 Å². The van der Waals surface area contributed by atoms with Gasteiger partial charge in [-0.05, 0) is 23.7 Å². The second-order valence-corrected chi connectivity index (χ2v) is 3.85. The highest BCUT2D eigenvalue weighted by atomic mass is 35.5. The lowest BCUT2D eigenvalue weighted by molar-refractivity contribution is 0.510. The van der Waals surface area contributed by atoms with Gasteiger partial charge in [0.1, 0.15) is 0 Å². The van der Waals surface area contributed by atoms with Gasteiger partial charge in [0, 0.05) is 12.1 Å². The van der Waals surface area contributed by atoms with Crippen LogP contribution in [0, 0.1) is 11.6 Å². The molecule has 0 unspecified atom stereocenters.